The third-order valence-electron chi connectivity index (χ3n) is 4.34. The molecule has 3 aromatic rings. The van der Waals surface area contributed by atoms with Crippen molar-refractivity contribution in [2.24, 2.45) is 0 Å². The van der Waals surface area contributed by atoms with E-state index < -0.39 is 27.4 Å². The van der Waals surface area contributed by atoms with E-state index in [4.69, 9.17) is 21.1 Å². The van der Waals surface area contributed by atoms with Gasteiger partial charge in [-0.25, -0.2) is 9.97 Å². The lowest BCUT2D eigenvalue weighted by Gasteiger charge is -2.19. The first-order valence-corrected chi connectivity index (χ1v) is 9.40. The molecule has 4 rings (SSSR count). The van der Waals surface area contributed by atoms with Gasteiger partial charge in [0.2, 0.25) is 11.6 Å². The second kappa shape index (κ2) is 8.38. The van der Waals surface area contributed by atoms with Crippen molar-refractivity contribution >= 4 is 40.3 Å². The van der Waals surface area contributed by atoms with Gasteiger partial charge in [0, 0.05) is 17.4 Å². The minimum atomic E-state index is -4.70. The number of aromatic nitrogens is 2. The van der Waals surface area contributed by atoms with Crippen LogP contribution in [0.4, 0.5) is 41.9 Å². The van der Waals surface area contributed by atoms with Gasteiger partial charge in [-0.2, -0.15) is 13.2 Å². The van der Waals surface area contributed by atoms with E-state index in [0.29, 0.717) is 30.4 Å². The molecule has 0 fully saturated rings. The van der Waals surface area contributed by atoms with Gasteiger partial charge in [-0.1, -0.05) is 11.6 Å². The summed E-state index contributed by atoms with van der Waals surface area (Å²) in [6.07, 6.45) is -3.66. The Morgan fingerprint density at radius 3 is 2.19 bits per heavy atom. The predicted molar refractivity (Wildman–Crippen MR) is 109 cm³/mol. The lowest BCUT2D eigenvalue weighted by molar-refractivity contribution is -0.383. The molecule has 2 aromatic carbocycles. The number of alkyl halides is 3. The lowest BCUT2D eigenvalue weighted by atomic mass is 10.2. The Bertz CT molecular complexity index is 1190. The summed E-state index contributed by atoms with van der Waals surface area (Å²) in [6.45, 7) is 0.770. The number of nitro groups is 1. The Morgan fingerprint density at radius 1 is 0.969 bits per heavy atom. The maximum absolute atomic E-state index is 13.1. The third kappa shape index (κ3) is 4.44. The number of fused-ring (bicyclic) bond motifs is 1. The molecular formula is C19H13ClF3N5O4. The second-order valence-corrected chi connectivity index (χ2v) is 6.88. The maximum Gasteiger partial charge on any atom is 0.417 e. The second-order valence-electron chi connectivity index (χ2n) is 6.48. The van der Waals surface area contributed by atoms with Gasteiger partial charge in [0.1, 0.15) is 19.5 Å². The molecule has 2 N–H and O–H groups in total. The van der Waals surface area contributed by atoms with Gasteiger partial charge >= 0.3 is 11.9 Å². The zero-order valence-electron chi connectivity index (χ0n) is 15.9. The fraction of sp³-hybridized carbons (Fsp3) is 0.158. The van der Waals surface area contributed by atoms with Gasteiger partial charge in [0.05, 0.1) is 15.5 Å². The molecule has 0 saturated carbocycles. The van der Waals surface area contributed by atoms with Crippen LogP contribution in [0.2, 0.25) is 5.02 Å². The zero-order chi connectivity index (χ0) is 22.9. The van der Waals surface area contributed by atoms with Crippen molar-refractivity contribution in [3.05, 3.63) is 63.4 Å². The fourth-order valence-corrected chi connectivity index (χ4v) is 3.17. The fourth-order valence-electron chi connectivity index (χ4n) is 2.95. The minimum Gasteiger partial charge on any atom is -0.486 e. The monoisotopic (exact) mass is 467 g/mol. The van der Waals surface area contributed by atoms with Crippen molar-refractivity contribution in [1.29, 1.82) is 0 Å². The summed E-state index contributed by atoms with van der Waals surface area (Å²) in [4.78, 5) is 18.7. The molecular weight excluding hydrogens is 455 g/mol. The first-order valence-electron chi connectivity index (χ1n) is 9.02. The van der Waals surface area contributed by atoms with Crippen LogP contribution in [-0.2, 0) is 6.18 Å². The highest BCUT2D eigenvalue weighted by Gasteiger charge is 2.33. The molecule has 0 unspecified atom stereocenters. The molecule has 1 aliphatic rings. The summed E-state index contributed by atoms with van der Waals surface area (Å²) in [6, 6.07) is 7.85. The van der Waals surface area contributed by atoms with E-state index in [1.165, 1.54) is 6.07 Å². The van der Waals surface area contributed by atoms with Gasteiger partial charge in [0.25, 0.3) is 0 Å². The number of hydrogen-bond acceptors (Lipinski definition) is 8. The van der Waals surface area contributed by atoms with Crippen LogP contribution < -0.4 is 20.1 Å². The Morgan fingerprint density at radius 2 is 1.56 bits per heavy atom. The molecule has 13 heteroatoms. The standard InChI is InChI=1S/C19H13ClF3N5O4/c20-13-3-1-10(7-12(13)19(21,22)23)26-17-16(28(29)30)18(25-9-24-17)27-11-2-4-14-15(8-11)32-6-5-31-14/h1-4,7-9H,5-6H2,(H2,24,25,26,27). The van der Waals surface area contributed by atoms with E-state index in [1.54, 1.807) is 18.2 Å². The zero-order valence-corrected chi connectivity index (χ0v) is 16.7. The first-order chi connectivity index (χ1) is 15.2. The van der Waals surface area contributed by atoms with E-state index in [-0.39, 0.29) is 17.3 Å². The van der Waals surface area contributed by atoms with Crippen LogP contribution in [0.5, 0.6) is 11.5 Å². The molecule has 32 heavy (non-hydrogen) atoms. The number of ether oxygens (including phenoxy) is 2. The molecule has 0 aliphatic carbocycles. The van der Waals surface area contributed by atoms with E-state index in [1.807, 2.05) is 0 Å². The van der Waals surface area contributed by atoms with Crippen molar-refractivity contribution in [2.75, 3.05) is 23.8 Å². The number of hydrogen-bond donors (Lipinski definition) is 2. The maximum atomic E-state index is 13.1. The van der Waals surface area contributed by atoms with E-state index >= 15 is 0 Å². The van der Waals surface area contributed by atoms with E-state index in [0.717, 1.165) is 18.5 Å². The van der Waals surface area contributed by atoms with Crippen LogP contribution in [-0.4, -0.2) is 28.1 Å². The first kappa shape index (κ1) is 21.4. The highest BCUT2D eigenvalue weighted by molar-refractivity contribution is 6.31. The number of halogens is 4. The van der Waals surface area contributed by atoms with Gasteiger partial charge in [-0.05, 0) is 30.3 Å². The summed E-state index contributed by atoms with van der Waals surface area (Å²) in [5.74, 6) is 0.511. The van der Waals surface area contributed by atoms with Crippen molar-refractivity contribution < 1.29 is 27.6 Å². The van der Waals surface area contributed by atoms with Crippen LogP contribution in [0, 0.1) is 10.1 Å². The van der Waals surface area contributed by atoms with Gasteiger partial charge in [-0.15, -0.1) is 0 Å². The van der Waals surface area contributed by atoms with Crippen LogP contribution in [0.3, 0.4) is 0 Å². The number of rotatable bonds is 5. The van der Waals surface area contributed by atoms with Crippen molar-refractivity contribution in [2.45, 2.75) is 6.18 Å². The van der Waals surface area contributed by atoms with Gasteiger partial charge in [-0.3, -0.25) is 10.1 Å². The third-order valence-corrected chi connectivity index (χ3v) is 4.67. The molecule has 1 aliphatic heterocycles. The molecule has 0 atom stereocenters. The van der Waals surface area contributed by atoms with Crippen LogP contribution in [0.25, 0.3) is 0 Å². The molecule has 0 saturated heterocycles. The number of nitrogens with zero attached hydrogens (tertiary/aromatic N) is 3. The molecule has 166 valence electrons. The molecule has 0 spiro atoms. The molecule has 2 heterocycles. The van der Waals surface area contributed by atoms with Gasteiger partial charge < -0.3 is 20.1 Å². The summed E-state index contributed by atoms with van der Waals surface area (Å²) in [7, 11) is 0. The lowest BCUT2D eigenvalue weighted by Crippen LogP contribution is -2.15. The Balaban J connectivity index is 1.67. The Labute approximate surface area is 183 Å². The normalized spacial score (nSPS) is 12.9. The Kier molecular flexibility index (Phi) is 5.61. The molecule has 1 aromatic heterocycles. The highest BCUT2D eigenvalue weighted by Crippen LogP contribution is 2.39. The minimum absolute atomic E-state index is 0.0891. The summed E-state index contributed by atoms with van der Waals surface area (Å²) >= 11 is 5.62. The Hall–Kier alpha value is -3.80. The van der Waals surface area contributed by atoms with Crippen LogP contribution in [0.1, 0.15) is 5.56 Å². The quantitative estimate of drug-likeness (QED) is 0.383. The number of nitrogens with one attached hydrogen (secondary N) is 2. The van der Waals surface area contributed by atoms with E-state index in [9.17, 15) is 23.3 Å². The predicted octanol–water partition coefficient (Wildman–Crippen LogP) is 5.32. The van der Waals surface area contributed by atoms with E-state index in [2.05, 4.69) is 20.6 Å². The van der Waals surface area contributed by atoms with Crippen LogP contribution in [0.15, 0.2) is 42.7 Å². The van der Waals surface area contributed by atoms with Crippen molar-refractivity contribution in [3.63, 3.8) is 0 Å². The SMILES string of the molecule is O=[N+]([O-])c1c(Nc2ccc3c(c2)OCCO3)ncnc1Nc1ccc(Cl)c(C(F)(F)F)c1. The summed E-state index contributed by atoms with van der Waals surface area (Å²) in [5.41, 5.74) is -1.32. The molecule has 9 nitrogen and oxygen atoms in total. The molecule has 0 bridgehead atoms. The van der Waals surface area contributed by atoms with Gasteiger partial charge in [0.15, 0.2) is 11.5 Å². The van der Waals surface area contributed by atoms with Crippen molar-refractivity contribution in [1.82, 2.24) is 9.97 Å². The smallest absolute Gasteiger partial charge is 0.417 e. The number of anilines is 4. The highest BCUT2D eigenvalue weighted by atomic mass is 35.5. The largest absolute Gasteiger partial charge is 0.486 e. The number of benzene rings is 2. The molecule has 0 amide bonds. The topological polar surface area (TPSA) is 111 Å². The summed E-state index contributed by atoms with van der Waals surface area (Å²) in [5, 5.41) is 16.6. The van der Waals surface area contributed by atoms with Crippen molar-refractivity contribution in [3.8, 4) is 11.5 Å². The van der Waals surface area contributed by atoms with Crippen LogP contribution >= 0.6 is 11.6 Å². The molecule has 0 radical (unpaired) electrons. The average Bonchev–Trinajstić information content (AvgIpc) is 2.74. The average molecular weight is 468 g/mol. The summed E-state index contributed by atoms with van der Waals surface area (Å²) < 4.78 is 50.3.